The van der Waals surface area contributed by atoms with Crippen LogP contribution in [0, 0.1) is 11.3 Å². The standard InChI is InChI=1S/2C8H14N4O.C6H12O.C5H9N3.C4H11O3P.C4H10O3S/c1-6(13)5-12-7(8(2,3)4)9-10-11-12;1-6(13)5-12-10-7(9-11-12)8(2,3)4;1-5(7)6(2,3)4;1-4(2)5-6-3-7-8-5;2*1-4(2,3)8(5,6)7/h2*5H2,1-4H3;1-4H3;4H,3H2,1-2H3;1-3H3,(H2,5,6,7);1-3H3,(H,5,6,7). The SMILES string of the molecule is CC(=O)C(C)(C)C.CC(=O)Cn1nnc(C(C)(C)C)n1.CC(=O)Cn1nnnc1C(C)(C)C.CC(C)(C)P(=O)(O)O.CC(C)(C)S(=O)(=O)O.CC(C)C1=NCN=N1. The van der Waals surface area contributed by atoms with Gasteiger partial charge >= 0.3 is 7.60 Å². The number of aliphatic imine (C=N–C) groups is 1. The number of azo groups is 1. The molecule has 0 aliphatic carbocycles. The highest BCUT2D eigenvalue weighted by atomic mass is 32.2. The highest BCUT2D eigenvalue weighted by molar-refractivity contribution is 7.87. The Bertz CT molecular complexity index is 1780. The van der Waals surface area contributed by atoms with Crippen molar-refractivity contribution in [2.75, 3.05) is 6.67 Å². The van der Waals surface area contributed by atoms with Crippen molar-refractivity contribution in [1.29, 1.82) is 0 Å². The summed E-state index contributed by atoms with van der Waals surface area (Å²) < 4.78 is 39.6. The smallest absolute Gasteiger partial charge is 0.324 e. The minimum Gasteiger partial charge on any atom is -0.324 e. The average molecular weight is 852 g/mol. The first-order chi connectivity index (χ1) is 25.1. The summed E-state index contributed by atoms with van der Waals surface area (Å²) in [5.74, 6) is 3.03. The van der Waals surface area contributed by atoms with E-state index in [-0.39, 0.29) is 46.7 Å². The number of ketones is 3. The van der Waals surface area contributed by atoms with Gasteiger partial charge in [-0.1, -0.05) is 76.2 Å². The predicted octanol–water partition coefficient (Wildman–Crippen LogP) is 5.84. The van der Waals surface area contributed by atoms with Crippen molar-refractivity contribution in [2.45, 2.75) is 172 Å². The van der Waals surface area contributed by atoms with Gasteiger partial charge in [0, 0.05) is 22.2 Å². The van der Waals surface area contributed by atoms with E-state index in [4.69, 9.17) is 14.3 Å². The molecule has 1 aliphatic rings. The van der Waals surface area contributed by atoms with Crippen molar-refractivity contribution in [3.05, 3.63) is 11.6 Å². The highest BCUT2D eigenvalue weighted by Gasteiger charge is 2.32. The lowest BCUT2D eigenvalue weighted by molar-refractivity contribution is -0.124. The molecule has 2 aromatic rings. The molecule has 0 atom stereocenters. The molecule has 3 rings (SSSR count). The van der Waals surface area contributed by atoms with Crippen LogP contribution in [0.2, 0.25) is 0 Å². The first kappa shape index (κ1) is 57.8. The number of nitrogens with zero attached hydrogens (tertiary/aromatic N) is 11. The zero-order chi connectivity index (χ0) is 46.2. The van der Waals surface area contributed by atoms with E-state index in [0.717, 1.165) is 11.7 Å². The van der Waals surface area contributed by atoms with Gasteiger partial charge in [0.15, 0.2) is 29.9 Å². The fourth-order valence-electron chi connectivity index (χ4n) is 2.41. The van der Waals surface area contributed by atoms with Crippen LogP contribution in [0.4, 0.5) is 0 Å². The van der Waals surface area contributed by atoms with Gasteiger partial charge in [0.25, 0.3) is 10.1 Å². The minimum atomic E-state index is -3.85. The maximum absolute atomic E-state index is 10.9. The largest absolute Gasteiger partial charge is 0.330 e. The lowest BCUT2D eigenvalue weighted by Crippen LogP contribution is -2.26. The second kappa shape index (κ2) is 23.2. The summed E-state index contributed by atoms with van der Waals surface area (Å²) in [4.78, 5) is 54.4. The van der Waals surface area contributed by atoms with E-state index in [0.29, 0.717) is 18.4 Å². The molecule has 0 amide bonds. The number of hydrogen-bond acceptors (Lipinski definition) is 15. The maximum atomic E-state index is 10.9. The molecule has 0 saturated carbocycles. The molecule has 22 heteroatoms. The van der Waals surface area contributed by atoms with Crippen LogP contribution in [0.15, 0.2) is 15.2 Å². The summed E-state index contributed by atoms with van der Waals surface area (Å²) in [5.41, 5.74) is -0.381. The maximum Gasteiger partial charge on any atom is 0.330 e. The van der Waals surface area contributed by atoms with Crippen LogP contribution in [0.1, 0.15) is 150 Å². The molecule has 0 bridgehead atoms. The number of Topliss-reactive ketones (excluding diaryl/α,β-unsaturated/α-hetero) is 3. The number of rotatable bonds is 5. The Kier molecular flexibility index (Phi) is 23.5. The molecule has 1 aliphatic heterocycles. The Labute approximate surface area is 339 Å². The molecule has 0 unspecified atom stereocenters. The van der Waals surface area contributed by atoms with Crippen LogP contribution in [-0.2, 0) is 53.0 Å². The van der Waals surface area contributed by atoms with Crippen LogP contribution in [0.25, 0.3) is 0 Å². The van der Waals surface area contributed by atoms with Crippen molar-refractivity contribution in [3.8, 4) is 0 Å². The second-order valence-corrected chi connectivity index (χ2v) is 23.0. The molecular weight excluding hydrogens is 781 g/mol. The molecule has 3 heterocycles. The van der Waals surface area contributed by atoms with E-state index in [2.05, 4.69) is 60.0 Å². The monoisotopic (exact) mass is 851 g/mol. The highest BCUT2D eigenvalue weighted by Crippen LogP contribution is 2.49. The van der Waals surface area contributed by atoms with Crippen LogP contribution in [0.5, 0.6) is 0 Å². The number of aromatic nitrogens is 8. The molecule has 2 aromatic heterocycles. The van der Waals surface area contributed by atoms with Crippen LogP contribution >= 0.6 is 7.60 Å². The Hall–Kier alpha value is -3.52. The number of tetrazole rings is 2. The predicted molar refractivity (Wildman–Crippen MR) is 220 cm³/mol. The Morgan fingerprint density at radius 1 is 0.772 bits per heavy atom. The molecule has 0 spiro atoms. The molecule has 0 saturated heterocycles. The quantitative estimate of drug-likeness (QED) is 0.235. The van der Waals surface area contributed by atoms with Gasteiger partial charge in [-0.05, 0) is 78.0 Å². The van der Waals surface area contributed by atoms with E-state index in [1.807, 2.05) is 62.3 Å². The lowest BCUT2D eigenvalue weighted by Gasteiger charge is -2.18. The van der Waals surface area contributed by atoms with Crippen molar-refractivity contribution >= 4 is 40.9 Å². The van der Waals surface area contributed by atoms with Crippen LogP contribution < -0.4 is 0 Å². The molecule has 0 aromatic carbocycles. The zero-order valence-corrected chi connectivity index (χ0v) is 39.5. The summed E-state index contributed by atoms with van der Waals surface area (Å²) in [7, 11) is -7.69. The van der Waals surface area contributed by atoms with Gasteiger partial charge in [-0.3, -0.25) is 23.5 Å². The third-order valence-corrected chi connectivity index (χ3v) is 10.0. The lowest BCUT2D eigenvalue weighted by atomic mass is 9.92. The molecular formula is C35H70N11O9PS. The first-order valence-electron chi connectivity index (χ1n) is 18.0. The van der Waals surface area contributed by atoms with E-state index in [1.54, 1.807) is 11.6 Å². The van der Waals surface area contributed by atoms with Crippen LogP contribution in [-0.4, -0.2) is 103 Å². The third kappa shape index (κ3) is 26.9. The molecule has 330 valence electrons. The molecule has 57 heavy (non-hydrogen) atoms. The molecule has 0 radical (unpaired) electrons. The van der Waals surface area contributed by atoms with Crippen LogP contribution in [0.3, 0.4) is 0 Å². The summed E-state index contributed by atoms with van der Waals surface area (Å²) in [6.07, 6.45) is 0. The third-order valence-electron chi connectivity index (χ3n) is 6.75. The molecule has 0 fully saturated rings. The summed E-state index contributed by atoms with van der Waals surface area (Å²) in [6.45, 7) is 36.3. The van der Waals surface area contributed by atoms with Crippen molar-refractivity contribution in [1.82, 2.24) is 40.4 Å². The average Bonchev–Trinajstić information content (AvgIpc) is 3.74. The van der Waals surface area contributed by atoms with E-state index < -0.39 is 27.6 Å². The Morgan fingerprint density at radius 3 is 1.42 bits per heavy atom. The van der Waals surface area contributed by atoms with E-state index in [9.17, 15) is 27.4 Å². The topological polar surface area (TPSA) is 287 Å². The number of carbonyl (C=O) groups is 3. The van der Waals surface area contributed by atoms with Gasteiger partial charge in [-0.15, -0.1) is 20.4 Å². The molecule has 3 N–H and O–H groups in total. The number of hydrogen-bond donors (Lipinski definition) is 3. The van der Waals surface area contributed by atoms with Gasteiger partial charge in [-0.25, -0.2) is 9.67 Å². The first-order valence-corrected chi connectivity index (χ1v) is 21.1. The van der Waals surface area contributed by atoms with Gasteiger partial charge in [0.2, 0.25) is 0 Å². The zero-order valence-electron chi connectivity index (χ0n) is 37.8. The number of amidine groups is 1. The van der Waals surface area contributed by atoms with E-state index in [1.165, 1.54) is 60.2 Å². The van der Waals surface area contributed by atoms with Gasteiger partial charge < -0.3 is 9.79 Å². The van der Waals surface area contributed by atoms with Crippen molar-refractivity contribution in [2.24, 2.45) is 26.6 Å². The second-order valence-electron chi connectivity index (χ2n) is 18.4. The Balaban J connectivity index is -0.000000626. The van der Waals surface area contributed by atoms with Crippen molar-refractivity contribution < 1.29 is 41.7 Å². The summed E-state index contributed by atoms with van der Waals surface area (Å²) in [6, 6.07) is 0. The van der Waals surface area contributed by atoms with E-state index >= 15 is 0 Å². The molecule has 20 nitrogen and oxygen atoms in total. The minimum absolute atomic E-state index is 0.0258. The summed E-state index contributed by atoms with van der Waals surface area (Å²) in [5, 5.41) is 29.6. The fourth-order valence-corrected chi connectivity index (χ4v) is 2.41. The number of carbonyl (C=O) groups excluding carboxylic acids is 3. The Morgan fingerprint density at radius 2 is 1.19 bits per heavy atom. The summed E-state index contributed by atoms with van der Waals surface area (Å²) >= 11 is 0. The van der Waals surface area contributed by atoms with Crippen molar-refractivity contribution in [3.63, 3.8) is 0 Å². The van der Waals surface area contributed by atoms with Gasteiger partial charge in [-0.2, -0.15) is 18.3 Å². The normalized spacial score (nSPS) is 13.2. The van der Waals surface area contributed by atoms with Gasteiger partial charge in [0.05, 0.1) is 9.90 Å². The van der Waals surface area contributed by atoms with Gasteiger partial charge in [0.1, 0.15) is 24.7 Å². The fraction of sp³-hybridized carbons (Fsp3) is 0.829.